The Hall–Kier alpha value is -1.82. The van der Waals surface area contributed by atoms with Gasteiger partial charge in [0.1, 0.15) is 5.75 Å². The Labute approximate surface area is 162 Å². The number of rotatable bonds is 3. The summed E-state index contributed by atoms with van der Waals surface area (Å²) in [4.78, 5) is 9.62. The molecule has 0 bridgehead atoms. The molecule has 1 aromatic heterocycles. The lowest BCUT2D eigenvalue weighted by Crippen LogP contribution is -2.30. The van der Waals surface area contributed by atoms with Crippen LogP contribution in [0.3, 0.4) is 0 Å². The van der Waals surface area contributed by atoms with Gasteiger partial charge in [0.2, 0.25) is 0 Å². The van der Waals surface area contributed by atoms with E-state index in [1.165, 1.54) is 5.56 Å². The number of hydrogen-bond donors (Lipinski definition) is 1. The quantitative estimate of drug-likeness (QED) is 0.708. The Bertz CT molecular complexity index is 906. The summed E-state index contributed by atoms with van der Waals surface area (Å²) < 4.78 is 1.14. The first-order valence-electron chi connectivity index (χ1n) is 8.90. The first-order valence-corrected chi connectivity index (χ1v) is 10.1. The van der Waals surface area contributed by atoms with Gasteiger partial charge in [-0.2, -0.15) is 0 Å². The van der Waals surface area contributed by atoms with Gasteiger partial charge in [-0.15, -0.1) is 0 Å². The molecule has 4 nitrogen and oxygen atoms in total. The summed E-state index contributed by atoms with van der Waals surface area (Å²) in [5, 5.41) is 11.7. The minimum absolute atomic E-state index is 0.351. The molecule has 0 amide bonds. The van der Waals surface area contributed by atoms with Crippen LogP contribution in [0.25, 0.3) is 10.2 Å². The fraction of sp³-hybridized carbons (Fsp3) is 0.350. The maximum atomic E-state index is 9.82. The Morgan fingerprint density at radius 1 is 1.12 bits per heavy atom. The molecule has 0 unspecified atom stereocenters. The number of aromatic hydroxyl groups is 1. The maximum absolute atomic E-state index is 9.82. The highest BCUT2D eigenvalue weighted by Crippen LogP contribution is 2.31. The molecule has 1 fully saturated rings. The molecule has 0 spiro atoms. The molecule has 136 valence electrons. The molecular formula is C20H22ClN3OS. The zero-order valence-corrected chi connectivity index (χ0v) is 16.4. The van der Waals surface area contributed by atoms with Crippen molar-refractivity contribution in [3.8, 4) is 5.75 Å². The Morgan fingerprint density at radius 2 is 2.00 bits per heavy atom. The number of benzene rings is 2. The highest BCUT2D eigenvalue weighted by atomic mass is 35.5. The van der Waals surface area contributed by atoms with Crippen molar-refractivity contribution in [2.45, 2.75) is 19.9 Å². The van der Waals surface area contributed by atoms with Crippen molar-refractivity contribution in [2.24, 2.45) is 0 Å². The zero-order chi connectivity index (χ0) is 18.1. The molecule has 4 rings (SSSR count). The number of anilines is 1. The number of thiazole rings is 1. The van der Waals surface area contributed by atoms with E-state index in [0.29, 0.717) is 5.75 Å². The van der Waals surface area contributed by atoms with E-state index in [0.717, 1.165) is 65.1 Å². The second-order valence-electron chi connectivity index (χ2n) is 6.90. The van der Waals surface area contributed by atoms with Gasteiger partial charge in [0, 0.05) is 37.7 Å². The lowest BCUT2D eigenvalue weighted by molar-refractivity contribution is 0.285. The van der Waals surface area contributed by atoms with E-state index in [1.54, 1.807) is 17.4 Å². The van der Waals surface area contributed by atoms with Gasteiger partial charge in [0.05, 0.1) is 10.2 Å². The number of nitrogens with zero attached hydrogens (tertiary/aromatic N) is 3. The van der Waals surface area contributed by atoms with E-state index < -0.39 is 0 Å². The van der Waals surface area contributed by atoms with Gasteiger partial charge in [-0.05, 0) is 54.8 Å². The minimum atomic E-state index is 0.351. The topological polar surface area (TPSA) is 39.6 Å². The number of hydrogen-bond acceptors (Lipinski definition) is 5. The predicted molar refractivity (Wildman–Crippen MR) is 110 cm³/mol. The van der Waals surface area contributed by atoms with Crippen LogP contribution in [0, 0.1) is 6.92 Å². The van der Waals surface area contributed by atoms with Crippen molar-refractivity contribution in [2.75, 3.05) is 31.1 Å². The summed E-state index contributed by atoms with van der Waals surface area (Å²) in [6.45, 7) is 6.92. The fourth-order valence-electron chi connectivity index (χ4n) is 3.53. The molecule has 1 aliphatic heterocycles. The van der Waals surface area contributed by atoms with E-state index in [1.807, 2.05) is 31.2 Å². The van der Waals surface area contributed by atoms with Crippen LogP contribution in [0.1, 0.15) is 17.5 Å². The summed E-state index contributed by atoms with van der Waals surface area (Å²) in [7, 11) is 0. The maximum Gasteiger partial charge on any atom is 0.186 e. The molecule has 1 aliphatic rings. The molecule has 6 heteroatoms. The molecular weight excluding hydrogens is 366 g/mol. The largest absolute Gasteiger partial charge is 0.508 e. The van der Waals surface area contributed by atoms with Crippen LogP contribution in [0.4, 0.5) is 5.13 Å². The second kappa shape index (κ2) is 7.43. The summed E-state index contributed by atoms with van der Waals surface area (Å²) in [6, 6.07) is 11.7. The average Bonchev–Trinajstić information content (AvgIpc) is 2.85. The molecule has 2 heterocycles. The number of halogens is 1. The molecule has 3 aromatic rings. The van der Waals surface area contributed by atoms with Crippen LogP contribution in [0.2, 0.25) is 5.02 Å². The summed E-state index contributed by atoms with van der Waals surface area (Å²) in [5.41, 5.74) is 3.29. The normalized spacial score (nSPS) is 16.2. The van der Waals surface area contributed by atoms with Crippen LogP contribution in [-0.4, -0.2) is 41.2 Å². The van der Waals surface area contributed by atoms with Crippen LogP contribution in [-0.2, 0) is 6.54 Å². The molecule has 2 aromatic carbocycles. The molecule has 0 radical (unpaired) electrons. The molecule has 1 N–H and O–H groups in total. The Kier molecular flexibility index (Phi) is 5.02. The van der Waals surface area contributed by atoms with E-state index in [-0.39, 0.29) is 0 Å². The Morgan fingerprint density at radius 3 is 2.85 bits per heavy atom. The Balaban J connectivity index is 1.45. The van der Waals surface area contributed by atoms with Crippen molar-refractivity contribution < 1.29 is 5.11 Å². The summed E-state index contributed by atoms with van der Waals surface area (Å²) in [5.74, 6) is 0.351. The number of aryl methyl sites for hydroxylation is 1. The molecule has 26 heavy (non-hydrogen) atoms. The van der Waals surface area contributed by atoms with Crippen molar-refractivity contribution >= 4 is 38.3 Å². The smallest absolute Gasteiger partial charge is 0.186 e. The second-order valence-corrected chi connectivity index (χ2v) is 8.35. The number of phenols is 1. The summed E-state index contributed by atoms with van der Waals surface area (Å²) >= 11 is 7.81. The number of fused-ring (bicyclic) bond motifs is 1. The molecule has 0 saturated carbocycles. The van der Waals surface area contributed by atoms with Crippen LogP contribution in [0.15, 0.2) is 36.4 Å². The van der Waals surface area contributed by atoms with E-state index in [9.17, 15) is 5.11 Å². The van der Waals surface area contributed by atoms with Crippen LogP contribution in [0.5, 0.6) is 5.75 Å². The minimum Gasteiger partial charge on any atom is -0.508 e. The van der Waals surface area contributed by atoms with Gasteiger partial charge in [0.15, 0.2) is 5.13 Å². The fourth-order valence-corrected chi connectivity index (χ4v) is 4.83. The molecule has 0 atom stereocenters. The van der Waals surface area contributed by atoms with Gasteiger partial charge < -0.3 is 10.0 Å². The number of phenolic OH excluding ortho intramolecular Hbond substituents is 1. The van der Waals surface area contributed by atoms with Gasteiger partial charge >= 0.3 is 0 Å². The zero-order valence-electron chi connectivity index (χ0n) is 14.8. The van der Waals surface area contributed by atoms with Crippen molar-refractivity contribution in [1.82, 2.24) is 9.88 Å². The molecule has 1 saturated heterocycles. The van der Waals surface area contributed by atoms with E-state index in [4.69, 9.17) is 16.6 Å². The average molecular weight is 388 g/mol. The number of aromatic nitrogens is 1. The van der Waals surface area contributed by atoms with Crippen molar-refractivity contribution in [1.29, 1.82) is 0 Å². The standard InChI is InChI=1S/C20H22ClN3OS/c1-14-9-15(11-17(25)10-14)13-23-5-2-6-24(8-7-23)20-22-18-4-3-16(21)12-19(18)26-20/h3-4,9-12,25H,2,5-8,13H2,1H3. The van der Waals surface area contributed by atoms with Crippen molar-refractivity contribution in [3.63, 3.8) is 0 Å². The third-order valence-electron chi connectivity index (χ3n) is 4.73. The van der Waals surface area contributed by atoms with Gasteiger partial charge in [-0.25, -0.2) is 4.98 Å². The highest BCUT2D eigenvalue weighted by Gasteiger charge is 2.18. The first-order chi connectivity index (χ1) is 12.6. The first kappa shape index (κ1) is 17.6. The molecule has 0 aliphatic carbocycles. The van der Waals surface area contributed by atoms with Gasteiger partial charge in [0.25, 0.3) is 0 Å². The van der Waals surface area contributed by atoms with Crippen LogP contribution < -0.4 is 4.90 Å². The SMILES string of the molecule is Cc1cc(O)cc(CN2CCCN(c3nc4ccc(Cl)cc4s3)CC2)c1. The van der Waals surface area contributed by atoms with Gasteiger partial charge in [-0.1, -0.05) is 29.0 Å². The monoisotopic (exact) mass is 387 g/mol. The highest BCUT2D eigenvalue weighted by molar-refractivity contribution is 7.22. The van der Waals surface area contributed by atoms with Crippen molar-refractivity contribution in [3.05, 3.63) is 52.5 Å². The third-order valence-corrected chi connectivity index (χ3v) is 6.04. The third kappa shape index (κ3) is 3.95. The van der Waals surface area contributed by atoms with E-state index in [2.05, 4.69) is 15.9 Å². The van der Waals surface area contributed by atoms with Gasteiger partial charge in [-0.3, -0.25) is 4.90 Å². The lowest BCUT2D eigenvalue weighted by Gasteiger charge is -2.21. The predicted octanol–water partition coefficient (Wildman–Crippen LogP) is 4.68. The summed E-state index contributed by atoms with van der Waals surface area (Å²) in [6.07, 6.45) is 1.11. The van der Waals surface area contributed by atoms with Crippen LogP contribution >= 0.6 is 22.9 Å². The lowest BCUT2D eigenvalue weighted by atomic mass is 10.1. The van der Waals surface area contributed by atoms with E-state index >= 15 is 0 Å².